The summed E-state index contributed by atoms with van der Waals surface area (Å²) in [6.07, 6.45) is -4.55. The van der Waals surface area contributed by atoms with Gasteiger partial charge in [0.2, 0.25) is 0 Å². The average Bonchev–Trinajstić information content (AvgIpc) is 1.84. The first-order chi connectivity index (χ1) is 5.20. The molecule has 0 aliphatic heterocycles. The largest absolute Gasteiger partial charge is 0.394 e. The molecular weight excluding hydrogens is 169 g/mol. The normalized spacial score (nSPS) is 13.2. The van der Waals surface area contributed by atoms with Gasteiger partial charge in [-0.15, -0.1) is 0 Å². The second-order valence-electron chi connectivity index (χ2n) is 3.45. The van der Waals surface area contributed by atoms with Crippen molar-refractivity contribution < 1.29 is 18.0 Å². The first-order valence-electron chi connectivity index (χ1n) is 3.79. The van der Waals surface area contributed by atoms with Crippen LogP contribution < -0.4 is 0 Å². The number of halogens is 3. The van der Waals surface area contributed by atoms with Crippen LogP contribution in [0.3, 0.4) is 0 Å². The molecule has 0 N–H and O–H groups in total. The van der Waals surface area contributed by atoms with Crippen molar-refractivity contribution >= 4 is 5.78 Å². The van der Waals surface area contributed by atoms with Gasteiger partial charge in [0.25, 0.3) is 0 Å². The Hall–Kier alpha value is -0.540. The molecule has 0 rings (SSSR count). The molecule has 12 heavy (non-hydrogen) atoms. The quantitative estimate of drug-likeness (QED) is 0.655. The average molecular weight is 182 g/mol. The maximum atomic E-state index is 12.2. The predicted octanol–water partition coefficient (Wildman–Crippen LogP) is 2.94. The topological polar surface area (TPSA) is 17.1 Å². The van der Waals surface area contributed by atoms with Crippen molar-refractivity contribution in [1.82, 2.24) is 0 Å². The van der Waals surface area contributed by atoms with Crippen molar-refractivity contribution in [2.75, 3.05) is 0 Å². The summed E-state index contributed by atoms with van der Waals surface area (Å²) >= 11 is 0. The monoisotopic (exact) mass is 182 g/mol. The van der Waals surface area contributed by atoms with E-state index in [1.807, 2.05) is 0 Å². The van der Waals surface area contributed by atoms with Gasteiger partial charge >= 0.3 is 6.18 Å². The molecule has 0 aromatic carbocycles. The minimum atomic E-state index is -4.29. The highest BCUT2D eigenvalue weighted by molar-refractivity contribution is 5.78. The van der Waals surface area contributed by atoms with Crippen molar-refractivity contribution in [3.63, 3.8) is 0 Å². The third-order valence-corrected chi connectivity index (χ3v) is 1.80. The molecule has 72 valence electrons. The van der Waals surface area contributed by atoms with Crippen molar-refractivity contribution in [3.8, 4) is 0 Å². The van der Waals surface area contributed by atoms with E-state index in [-0.39, 0.29) is 12.2 Å². The Kier molecular flexibility index (Phi) is 3.30. The molecular formula is C8H13F3O. The summed E-state index contributed by atoms with van der Waals surface area (Å²) in [5, 5.41) is 0. The second-order valence-corrected chi connectivity index (χ2v) is 3.45. The molecule has 0 aliphatic carbocycles. The van der Waals surface area contributed by atoms with E-state index < -0.39 is 18.0 Å². The van der Waals surface area contributed by atoms with Gasteiger partial charge in [-0.3, -0.25) is 4.79 Å². The molecule has 0 aliphatic rings. The Morgan fingerprint density at radius 2 is 1.67 bits per heavy atom. The summed E-state index contributed by atoms with van der Waals surface area (Å²) in [6, 6.07) is 0. The molecule has 0 aromatic heterocycles. The molecule has 0 unspecified atom stereocenters. The lowest BCUT2D eigenvalue weighted by Gasteiger charge is -2.26. The van der Waals surface area contributed by atoms with Crippen molar-refractivity contribution in [1.29, 1.82) is 0 Å². The molecule has 0 aromatic rings. The minimum Gasteiger partial charge on any atom is -0.300 e. The number of alkyl halides is 3. The third-order valence-electron chi connectivity index (χ3n) is 1.80. The van der Waals surface area contributed by atoms with Gasteiger partial charge in [0.15, 0.2) is 0 Å². The number of carbonyl (C=O) groups excluding carboxylic acids is 1. The lowest BCUT2D eigenvalue weighted by Crippen LogP contribution is -2.34. The van der Waals surface area contributed by atoms with Crippen LogP contribution in [-0.4, -0.2) is 12.0 Å². The minimum absolute atomic E-state index is 0.166. The fraction of sp³-hybridized carbons (Fsp3) is 0.875. The van der Waals surface area contributed by atoms with Gasteiger partial charge in [0.05, 0.1) is 5.41 Å². The Morgan fingerprint density at radius 1 is 1.25 bits per heavy atom. The number of ketones is 1. The summed E-state index contributed by atoms with van der Waals surface area (Å²) in [6.45, 7) is 3.65. The highest BCUT2D eigenvalue weighted by Crippen LogP contribution is 2.40. The van der Waals surface area contributed by atoms with Gasteiger partial charge in [0, 0.05) is 12.8 Å². The van der Waals surface area contributed by atoms with Gasteiger partial charge in [-0.2, -0.15) is 13.2 Å². The van der Waals surface area contributed by atoms with Crippen LogP contribution in [0.25, 0.3) is 0 Å². The first kappa shape index (κ1) is 11.5. The van der Waals surface area contributed by atoms with Crippen LogP contribution in [-0.2, 0) is 4.79 Å². The van der Waals surface area contributed by atoms with Crippen LogP contribution in [0.15, 0.2) is 0 Å². The van der Waals surface area contributed by atoms with E-state index in [1.54, 1.807) is 6.92 Å². The zero-order valence-corrected chi connectivity index (χ0v) is 7.46. The third kappa shape index (κ3) is 2.83. The SMILES string of the molecule is CCC(=O)CC(C)(C)C(F)(F)F. The number of hydrogen-bond donors (Lipinski definition) is 0. The van der Waals surface area contributed by atoms with Gasteiger partial charge in [0.1, 0.15) is 5.78 Å². The summed E-state index contributed by atoms with van der Waals surface area (Å²) < 4.78 is 36.5. The van der Waals surface area contributed by atoms with E-state index in [9.17, 15) is 18.0 Å². The Balaban J connectivity index is 4.33. The maximum Gasteiger partial charge on any atom is 0.394 e. The van der Waals surface area contributed by atoms with Gasteiger partial charge < -0.3 is 0 Å². The number of hydrogen-bond acceptors (Lipinski definition) is 1. The fourth-order valence-corrected chi connectivity index (χ4v) is 0.718. The van der Waals surface area contributed by atoms with Gasteiger partial charge in [-0.1, -0.05) is 20.8 Å². The number of carbonyl (C=O) groups is 1. The van der Waals surface area contributed by atoms with E-state index >= 15 is 0 Å². The zero-order valence-electron chi connectivity index (χ0n) is 7.46. The molecule has 0 radical (unpaired) electrons. The molecule has 4 heteroatoms. The van der Waals surface area contributed by atoms with Crippen LogP contribution in [0.4, 0.5) is 13.2 Å². The molecule has 0 atom stereocenters. The molecule has 0 heterocycles. The standard InChI is InChI=1S/C8H13F3O/c1-4-6(12)5-7(2,3)8(9,10)11/h4-5H2,1-3H3. The molecule has 0 spiro atoms. The lowest BCUT2D eigenvalue weighted by atomic mass is 9.86. The maximum absolute atomic E-state index is 12.2. The van der Waals surface area contributed by atoms with E-state index in [4.69, 9.17) is 0 Å². The van der Waals surface area contributed by atoms with Crippen LogP contribution >= 0.6 is 0 Å². The molecule has 0 fully saturated rings. The molecule has 0 bridgehead atoms. The first-order valence-corrected chi connectivity index (χ1v) is 3.79. The number of rotatable bonds is 3. The van der Waals surface area contributed by atoms with Crippen molar-refractivity contribution in [3.05, 3.63) is 0 Å². The van der Waals surface area contributed by atoms with Gasteiger partial charge in [-0.25, -0.2) is 0 Å². The van der Waals surface area contributed by atoms with E-state index in [0.29, 0.717) is 0 Å². The Labute approximate surface area is 70.0 Å². The highest BCUT2D eigenvalue weighted by Gasteiger charge is 2.47. The lowest BCUT2D eigenvalue weighted by molar-refractivity contribution is -0.213. The van der Waals surface area contributed by atoms with E-state index in [1.165, 1.54) is 0 Å². The highest BCUT2D eigenvalue weighted by atomic mass is 19.4. The van der Waals surface area contributed by atoms with Crippen LogP contribution in [0.5, 0.6) is 0 Å². The van der Waals surface area contributed by atoms with Crippen molar-refractivity contribution in [2.24, 2.45) is 5.41 Å². The fourth-order valence-electron chi connectivity index (χ4n) is 0.718. The Morgan fingerprint density at radius 3 is 1.92 bits per heavy atom. The second kappa shape index (κ2) is 3.46. The van der Waals surface area contributed by atoms with Crippen LogP contribution in [0.2, 0.25) is 0 Å². The number of Topliss-reactive ketones (excluding diaryl/α,β-unsaturated/α-hetero) is 1. The Bertz CT molecular complexity index is 170. The summed E-state index contributed by atoms with van der Waals surface area (Å²) in [5.74, 6) is -0.350. The summed E-state index contributed by atoms with van der Waals surface area (Å²) in [5.41, 5.74) is -1.89. The van der Waals surface area contributed by atoms with Crippen molar-refractivity contribution in [2.45, 2.75) is 39.8 Å². The molecule has 0 saturated heterocycles. The smallest absolute Gasteiger partial charge is 0.300 e. The molecule has 1 nitrogen and oxygen atoms in total. The van der Waals surface area contributed by atoms with Crippen LogP contribution in [0.1, 0.15) is 33.6 Å². The van der Waals surface area contributed by atoms with Gasteiger partial charge in [-0.05, 0) is 0 Å². The zero-order chi connectivity index (χ0) is 9.99. The van der Waals surface area contributed by atoms with Crippen LogP contribution in [0, 0.1) is 5.41 Å². The summed E-state index contributed by atoms with van der Waals surface area (Å²) in [4.78, 5) is 10.8. The van der Waals surface area contributed by atoms with E-state index in [0.717, 1.165) is 13.8 Å². The predicted molar refractivity (Wildman–Crippen MR) is 39.8 cm³/mol. The molecule has 0 amide bonds. The molecule has 0 saturated carbocycles. The van der Waals surface area contributed by atoms with E-state index in [2.05, 4.69) is 0 Å². The summed E-state index contributed by atoms with van der Waals surface area (Å²) in [7, 11) is 0.